The average molecular weight is 262 g/mol. The lowest BCUT2D eigenvalue weighted by atomic mass is 9.87. The Balaban J connectivity index is 2.93. The van der Waals surface area contributed by atoms with Crippen molar-refractivity contribution in [2.24, 2.45) is 0 Å². The summed E-state index contributed by atoms with van der Waals surface area (Å²) in [5, 5.41) is 0. The SMILES string of the molecule is CCOC(CC)(CC)C(=O)Cc1cc(C)cc(C)c1. The summed E-state index contributed by atoms with van der Waals surface area (Å²) >= 11 is 0. The maximum Gasteiger partial charge on any atom is 0.168 e. The largest absolute Gasteiger partial charge is 0.368 e. The van der Waals surface area contributed by atoms with Crippen molar-refractivity contribution in [2.45, 2.75) is 59.5 Å². The average Bonchev–Trinajstić information content (AvgIpc) is 2.34. The number of hydrogen-bond acceptors (Lipinski definition) is 2. The number of carbonyl (C=O) groups is 1. The van der Waals surface area contributed by atoms with Crippen LogP contribution >= 0.6 is 0 Å². The molecule has 0 aliphatic heterocycles. The molecule has 0 radical (unpaired) electrons. The van der Waals surface area contributed by atoms with Gasteiger partial charge in [0.1, 0.15) is 5.60 Å². The van der Waals surface area contributed by atoms with E-state index in [9.17, 15) is 4.79 Å². The zero-order valence-corrected chi connectivity index (χ0v) is 12.9. The van der Waals surface area contributed by atoms with Crippen molar-refractivity contribution >= 4 is 5.78 Å². The normalized spacial score (nSPS) is 11.6. The number of benzene rings is 1. The van der Waals surface area contributed by atoms with Gasteiger partial charge in [-0.1, -0.05) is 43.2 Å². The van der Waals surface area contributed by atoms with E-state index in [0.717, 1.165) is 18.4 Å². The molecule has 2 nitrogen and oxygen atoms in total. The van der Waals surface area contributed by atoms with Crippen LogP contribution in [-0.4, -0.2) is 18.0 Å². The van der Waals surface area contributed by atoms with Crippen LogP contribution in [0.2, 0.25) is 0 Å². The molecule has 0 fully saturated rings. The van der Waals surface area contributed by atoms with Crippen molar-refractivity contribution < 1.29 is 9.53 Å². The van der Waals surface area contributed by atoms with Crippen LogP contribution in [0.3, 0.4) is 0 Å². The molecule has 0 amide bonds. The third-order valence-electron chi connectivity index (χ3n) is 3.72. The van der Waals surface area contributed by atoms with Crippen LogP contribution in [0.1, 0.15) is 50.3 Å². The molecular weight excluding hydrogens is 236 g/mol. The number of ether oxygens (including phenoxy) is 1. The second kappa shape index (κ2) is 6.85. The fourth-order valence-electron chi connectivity index (χ4n) is 2.72. The van der Waals surface area contributed by atoms with Crippen LogP contribution in [-0.2, 0) is 16.0 Å². The first-order valence-corrected chi connectivity index (χ1v) is 7.21. The molecular formula is C17H26O2. The minimum atomic E-state index is -0.605. The Labute approximate surface area is 117 Å². The van der Waals surface area contributed by atoms with Crippen LogP contribution in [0.25, 0.3) is 0 Å². The molecule has 1 rings (SSSR count). The minimum Gasteiger partial charge on any atom is -0.368 e. The highest BCUT2D eigenvalue weighted by Gasteiger charge is 2.34. The van der Waals surface area contributed by atoms with Crippen LogP contribution in [0.15, 0.2) is 18.2 Å². The molecule has 19 heavy (non-hydrogen) atoms. The van der Waals surface area contributed by atoms with E-state index in [1.54, 1.807) is 0 Å². The van der Waals surface area contributed by atoms with E-state index >= 15 is 0 Å². The molecule has 0 aliphatic carbocycles. The molecule has 0 unspecified atom stereocenters. The number of hydrogen-bond donors (Lipinski definition) is 0. The molecule has 0 saturated heterocycles. The first-order valence-electron chi connectivity index (χ1n) is 7.21. The quantitative estimate of drug-likeness (QED) is 0.742. The summed E-state index contributed by atoms with van der Waals surface area (Å²) in [5.41, 5.74) is 2.90. The Morgan fingerprint density at radius 1 is 1.05 bits per heavy atom. The summed E-state index contributed by atoms with van der Waals surface area (Å²) in [6, 6.07) is 6.31. The molecule has 0 bridgehead atoms. The van der Waals surface area contributed by atoms with Gasteiger partial charge >= 0.3 is 0 Å². The Kier molecular flexibility index (Phi) is 5.74. The van der Waals surface area contributed by atoms with Gasteiger partial charge in [0.15, 0.2) is 5.78 Å². The third kappa shape index (κ3) is 3.90. The highest BCUT2D eigenvalue weighted by atomic mass is 16.5. The van der Waals surface area contributed by atoms with Crippen LogP contribution in [0.4, 0.5) is 0 Å². The summed E-state index contributed by atoms with van der Waals surface area (Å²) in [7, 11) is 0. The van der Waals surface area contributed by atoms with E-state index in [4.69, 9.17) is 4.74 Å². The van der Waals surface area contributed by atoms with Crippen LogP contribution in [0.5, 0.6) is 0 Å². The lowest BCUT2D eigenvalue weighted by Gasteiger charge is -2.30. The summed E-state index contributed by atoms with van der Waals surface area (Å²) < 4.78 is 5.77. The van der Waals surface area contributed by atoms with Crippen molar-refractivity contribution in [1.82, 2.24) is 0 Å². The molecule has 0 spiro atoms. The van der Waals surface area contributed by atoms with Crippen molar-refractivity contribution in [3.63, 3.8) is 0 Å². The van der Waals surface area contributed by atoms with E-state index in [2.05, 4.69) is 32.0 Å². The van der Waals surface area contributed by atoms with Gasteiger partial charge in [-0.25, -0.2) is 0 Å². The van der Waals surface area contributed by atoms with Crippen LogP contribution in [0, 0.1) is 13.8 Å². The number of aryl methyl sites for hydroxylation is 2. The van der Waals surface area contributed by atoms with Crippen LogP contribution < -0.4 is 0 Å². The van der Waals surface area contributed by atoms with E-state index in [0.29, 0.717) is 13.0 Å². The molecule has 0 saturated carbocycles. The summed E-state index contributed by atoms with van der Waals surface area (Å²) in [4.78, 5) is 12.6. The predicted molar refractivity (Wildman–Crippen MR) is 79.6 cm³/mol. The maximum absolute atomic E-state index is 12.6. The monoisotopic (exact) mass is 262 g/mol. The van der Waals surface area contributed by atoms with Gasteiger partial charge in [0.05, 0.1) is 0 Å². The predicted octanol–water partition coefficient (Wildman–Crippen LogP) is 4.01. The smallest absolute Gasteiger partial charge is 0.168 e. The fourth-order valence-corrected chi connectivity index (χ4v) is 2.72. The maximum atomic E-state index is 12.6. The highest BCUT2D eigenvalue weighted by molar-refractivity contribution is 5.89. The molecule has 0 aromatic heterocycles. The molecule has 2 heteroatoms. The van der Waals surface area contributed by atoms with E-state index < -0.39 is 5.60 Å². The Bertz CT molecular complexity index is 411. The third-order valence-corrected chi connectivity index (χ3v) is 3.72. The lowest BCUT2D eigenvalue weighted by molar-refractivity contribution is -0.144. The fraction of sp³-hybridized carbons (Fsp3) is 0.588. The van der Waals surface area contributed by atoms with Crippen molar-refractivity contribution in [3.05, 3.63) is 34.9 Å². The highest BCUT2D eigenvalue weighted by Crippen LogP contribution is 2.24. The molecule has 0 N–H and O–H groups in total. The Morgan fingerprint density at radius 3 is 2.00 bits per heavy atom. The van der Waals surface area contributed by atoms with Gasteiger partial charge in [-0.2, -0.15) is 0 Å². The molecule has 0 heterocycles. The lowest BCUT2D eigenvalue weighted by Crippen LogP contribution is -2.41. The molecule has 1 aromatic carbocycles. The molecule has 0 atom stereocenters. The van der Waals surface area contributed by atoms with E-state index in [1.807, 2.05) is 20.8 Å². The second-order valence-corrected chi connectivity index (χ2v) is 5.23. The standard InChI is InChI=1S/C17H26O2/c1-6-17(7-2,19-8-3)16(18)12-15-10-13(4)9-14(5)11-15/h9-11H,6-8,12H2,1-5H3. The summed E-state index contributed by atoms with van der Waals surface area (Å²) in [5.74, 6) is 0.198. The van der Waals surface area contributed by atoms with Gasteiger partial charge < -0.3 is 4.74 Å². The van der Waals surface area contributed by atoms with Gasteiger partial charge in [-0.15, -0.1) is 0 Å². The molecule has 1 aromatic rings. The Hall–Kier alpha value is -1.15. The summed E-state index contributed by atoms with van der Waals surface area (Å²) in [6.07, 6.45) is 1.94. The number of rotatable bonds is 7. The van der Waals surface area contributed by atoms with Gasteiger partial charge in [0, 0.05) is 13.0 Å². The van der Waals surface area contributed by atoms with Crippen molar-refractivity contribution in [1.29, 1.82) is 0 Å². The van der Waals surface area contributed by atoms with Crippen molar-refractivity contribution in [2.75, 3.05) is 6.61 Å². The number of Topliss-reactive ketones (excluding diaryl/α,β-unsaturated/α-hetero) is 1. The zero-order chi connectivity index (χ0) is 14.5. The molecule has 0 aliphatic rings. The first kappa shape index (κ1) is 15.9. The van der Waals surface area contributed by atoms with Crippen molar-refractivity contribution in [3.8, 4) is 0 Å². The minimum absolute atomic E-state index is 0.198. The van der Waals surface area contributed by atoms with Gasteiger partial charge in [-0.3, -0.25) is 4.79 Å². The first-order chi connectivity index (χ1) is 8.97. The van der Waals surface area contributed by atoms with Gasteiger partial charge in [0.2, 0.25) is 0 Å². The van der Waals surface area contributed by atoms with Gasteiger partial charge in [0.25, 0.3) is 0 Å². The zero-order valence-electron chi connectivity index (χ0n) is 12.9. The topological polar surface area (TPSA) is 26.3 Å². The molecule has 106 valence electrons. The number of carbonyl (C=O) groups excluding carboxylic acids is 1. The summed E-state index contributed by atoms with van der Waals surface area (Å²) in [6.45, 7) is 10.7. The van der Waals surface area contributed by atoms with E-state index in [-0.39, 0.29) is 5.78 Å². The second-order valence-electron chi connectivity index (χ2n) is 5.23. The van der Waals surface area contributed by atoms with E-state index in [1.165, 1.54) is 11.1 Å². The number of ketones is 1. The Morgan fingerprint density at radius 2 is 1.58 bits per heavy atom. The van der Waals surface area contributed by atoms with Gasteiger partial charge in [-0.05, 0) is 39.2 Å².